The number of piperidine rings is 1. The lowest BCUT2D eigenvalue weighted by atomic mass is 9.86. The van der Waals surface area contributed by atoms with Gasteiger partial charge in [-0.3, -0.25) is 5.10 Å². The molecule has 0 aliphatic carbocycles. The molecule has 1 aromatic carbocycles. The van der Waals surface area contributed by atoms with Gasteiger partial charge >= 0.3 is 0 Å². The number of hydrogen-bond donors (Lipinski definition) is 1. The number of nitrogens with zero attached hydrogens (tertiary/aromatic N) is 2. The number of anilines is 1. The van der Waals surface area contributed by atoms with Crippen LogP contribution in [0, 0.1) is 0 Å². The van der Waals surface area contributed by atoms with Crippen molar-refractivity contribution in [3.63, 3.8) is 0 Å². The highest BCUT2D eigenvalue weighted by atomic mass is 16.5. The van der Waals surface area contributed by atoms with Crippen molar-refractivity contribution in [1.29, 1.82) is 0 Å². The van der Waals surface area contributed by atoms with E-state index in [-0.39, 0.29) is 0 Å². The van der Waals surface area contributed by atoms with Crippen LogP contribution >= 0.6 is 0 Å². The first-order chi connectivity index (χ1) is 10.8. The van der Waals surface area contributed by atoms with Gasteiger partial charge in [-0.2, -0.15) is 5.10 Å². The predicted molar refractivity (Wildman–Crippen MR) is 85.9 cm³/mol. The Kier molecular flexibility index (Phi) is 3.21. The Morgan fingerprint density at radius 2 is 2.09 bits per heavy atom. The number of H-pyrrole nitrogens is 1. The van der Waals surface area contributed by atoms with Crippen molar-refractivity contribution in [2.75, 3.05) is 31.7 Å². The SMILES string of the molecule is CCOc1cc(-c2n[nH]c3c2N2CCC3CC2)ccc1OC. The number of methoxy groups -OCH3 is 1. The Morgan fingerprint density at radius 3 is 2.82 bits per heavy atom. The predicted octanol–water partition coefficient (Wildman–Crippen LogP) is 3.18. The molecule has 116 valence electrons. The van der Waals surface area contributed by atoms with Crippen LogP contribution in [-0.4, -0.2) is 37.0 Å². The van der Waals surface area contributed by atoms with Crippen LogP contribution in [0.5, 0.6) is 11.5 Å². The van der Waals surface area contributed by atoms with Gasteiger partial charge in [0.15, 0.2) is 11.5 Å². The summed E-state index contributed by atoms with van der Waals surface area (Å²) in [6, 6.07) is 6.04. The van der Waals surface area contributed by atoms with E-state index in [1.54, 1.807) is 7.11 Å². The highest BCUT2D eigenvalue weighted by molar-refractivity contribution is 5.80. The summed E-state index contributed by atoms with van der Waals surface area (Å²) < 4.78 is 11.1. The molecule has 0 atom stereocenters. The Labute approximate surface area is 130 Å². The standard InChI is InChI=1S/C17H21N3O2/c1-3-22-14-10-12(4-5-13(14)21-2)16-17-15(18-19-16)11-6-8-20(17)9-7-11/h4-5,10-11H,3,6-9H2,1-2H3,(H,18,19). The van der Waals surface area contributed by atoms with Crippen molar-refractivity contribution in [3.05, 3.63) is 23.9 Å². The third-order valence-electron chi connectivity index (χ3n) is 4.72. The number of ether oxygens (including phenoxy) is 2. The van der Waals surface area contributed by atoms with Gasteiger partial charge in [-0.25, -0.2) is 0 Å². The smallest absolute Gasteiger partial charge is 0.161 e. The summed E-state index contributed by atoms with van der Waals surface area (Å²) in [5, 5.41) is 7.88. The molecular formula is C17H21N3O2. The number of rotatable bonds is 4. The fourth-order valence-corrected chi connectivity index (χ4v) is 3.64. The quantitative estimate of drug-likeness (QED) is 0.942. The van der Waals surface area contributed by atoms with Crippen molar-refractivity contribution in [3.8, 4) is 22.8 Å². The molecule has 3 aliphatic rings. The van der Waals surface area contributed by atoms with Crippen LogP contribution in [0.15, 0.2) is 18.2 Å². The lowest BCUT2D eigenvalue weighted by Crippen LogP contribution is -2.38. The third-order valence-corrected chi connectivity index (χ3v) is 4.72. The average molecular weight is 299 g/mol. The van der Waals surface area contributed by atoms with E-state index in [0.717, 1.165) is 35.8 Å². The number of nitrogens with one attached hydrogen (secondary N) is 1. The maximum absolute atomic E-state index is 5.70. The second-order valence-corrected chi connectivity index (χ2v) is 5.89. The monoisotopic (exact) mass is 299 g/mol. The number of aromatic nitrogens is 2. The zero-order valence-electron chi connectivity index (χ0n) is 13.1. The molecule has 1 fully saturated rings. The van der Waals surface area contributed by atoms with Gasteiger partial charge in [0.25, 0.3) is 0 Å². The number of benzene rings is 1. The van der Waals surface area contributed by atoms with Gasteiger partial charge < -0.3 is 14.4 Å². The summed E-state index contributed by atoms with van der Waals surface area (Å²) in [6.45, 7) is 4.87. The minimum atomic E-state index is 0.618. The molecule has 3 aliphatic heterocycles. The van der Waals surface area contributed by atoms with Crippen LogP contribution in [0.3, 0.4) is 0 Å². The first-order valence-electron chi connectivity index (χ1n) is 7.96. The van der Waals surface area contributed by atoms with Crippen molar-refractivity contribution in [1.82, 2.24) is 10.2 Å². The van der Waals surface area contributed by atoms with E-state index in [4.69, 9.17) is 9.47 Å². The Hall–Kier alpha value is -2.17. The molecular weight excluding hydrogens is 278 g/mol. The van der Waals surface area contributed by atoms with Gasteiger partial charge in [0.05, 0.1) is 25.1 Å². The lowest BCUT2D eigenvalue weighted by molar-refractivity contribution is 0.311. The average Bonchev–Trinajstić information content (AvgIpc) is 3.03. The van der Waals surface area contributed by atoms with Gasteiger partial charge in [-0.05, 0) is 38.0 Å². The maximum atomic E-state index is 5.70. The Bertz CT molecular complexity index is 687. The molecule has 0 saturated carbocycles. The van der Waals surface area contributed by atoms with Crippen molar-refractivity contribution in [2.45, 2.75) is 25.7 Å². The summed E-state index contributed by atoms with van der Waals surface area (Å²) in [5.74, 6) is 2.18. The Balaban J connectivity index is 1.79. The second kappa shape index (κ2) is 5.23. The fraction of sp³-hybridized carbons (Fsp3) is 0.471. The van der Waals surface area contributed by atoms with Gasteiger partial charge in [0, 0.05) is 24.6 Å². The molecule has 1 saturated heterocycles. The summed E-state index contributed by atoms with van der Waals surface area (Å²) in [5.41, 5.74) is 4.70. The van der Waals surface area contributed by atoms with Gasteiger partial charge in [0.1, 0.15) is 5.69 Å². The van der Waals surface area contributed by atoms with Crippen LogP contribution in [0.4, 0.5) is 5.69 Å². The van der Waals surface area contributed by atoms with E-state index in [9.17, 15) is 0 Å². The molecule has 22 heavy (non-hydrogen) atoms. The number of aromatic amines is 1. The summed E-state index contributed by atoms with van der Waals surface area (Å²) in [4.78, 5) is 2.46. The van der Waals surface area contributed by atoms with Gasteiger partial charge in [0.2, 0.25) is 0 Å². The zero-order chi connectivity index (χ0) is 15.1. The maximum Gasteiger partial charge on any atom is 0.161 e. The van der Waals surface area contributed by atoms with Crippen molar-refractivity contribution >= 4 is 5.69 Å². The number of hydrogen-bond acceptors (Lipinski definition) is 4. The molecule has 0 radical (unpaired) electrons. The largest absolute Gasteiger partial charge is 0.493 e. The molecule has 0 spiro atoms. The van der Waals surface area contributed by atoms with Crippen LogP contribution < -0.4 is 14.4 Å². The third kappa shape index (κ3) is 1.95. The normalized spacial score (nSPS) is 16.7. The molecule has 4 heterocycles. The van der Waals surface area contributed by atoms with Gasteiger partial charge in [-0.15, -0.1) is 0 Å². The summed E-state index contributed by atoms with van der Waals surface area (Å²) >= 11 is 0. The van der Waals surface area contributed by atoms with E-state index in [1.807, 2.05) is 19.1 Å². The van der Waals surface area contributed by atoms with Crippen LogP contribution in [0.1, 0.15) is 31.4 Å². The molecule has 1 aromatic heterocycles. The topological polar surface area (TPSA) is 50.4 Å². The minimum absolute atomic E-state index is 0.618. The number of fused-ring (bicyclic) bond motifs is 2. The van der Waals surface area contributed by atoms with E-state index < -0.39 is 0 Å². The van der Waals surface area contributed by atoms with Crippen LogP contribution in [0.2, 0.25) is 0 Å². The zero-order valence-corrected chi connectivity index (χ0v) is 13.1. The highest BCUT2D eigenvalue weighted by Gasteiger charge is 2.35. The second-order valence-electron chi connectivity index (χ2n) is 5.89. The van der Waals surface area contributed by atoms with Crippen molar-refractivity contribution in [2.24, 2.45) is 0 Å². The van der Waals surface area contributed by atoms with E-state index in [2.05, 4.69) is 21.2 Å². The molecule has 1 N–H and O–H groups in total. The van der Waals surface area contributed by atoms with Crippen LogP contribution in [-0.2, 0) is 0 Å². The minimum Gasteiger partial charge on any atom is -0.493 e. The van der Waals surface area contributed by atoms with E-state index in [0.29, 0.717) is 12.5 Å². The van der Waals surface area contributed by atoms with Gasteiger partial charge in [-0.1, -0.05) is 0 Å². The molecule has 5 nitrogen and oxygen atoms in total. The van der Waals surface area contributed by atoms with E-state index >= 15 is 0 Å². The molecule has 5 rings (SSSR count). The summed E-state index contributed by atoms with van der Waals surface area (Å²) in [6.07, 6.45) is 2.48. The molecule has 0 unspecified atom stereocenters. The Morgan fingerprint density at radius 1 is 1.27 bits per heavy atom. The van der Waals surface area contributed by atoms with E-state index in [1.165, 1.54) is 24.2 Å². The molecule has 2 aromatic rings. The molecule has 2 bridgehead atoms. The fourth-order valence-electron chi connectivity index (χ4n) is 3.64. The first-order valence-corrected chi connectivity index (χ1v) is 7.96. The van der Waals surface area contributed by atoms with Crippen LogP contribution in [0.25, 0.3) is 11.3 Å². The first kappa shape index (κ1) is 13.5. The highest BCUT2D eigenvalue weighted by Crippen LogP contribution is 2.46. The molecule has 0 amide bonds. The van der Waals surface area contributed by atoms with Crippen molar-refractivity contribution < 1.29 is 9.47 Å². The summed E-state index contributed by atoms with van der Waals surface area (Å²) in [7, 11) is 1.67. The lowest BCUT2D eigenvalue weighted by Gasteiger charge is -2.40. The molecule has 5 heteroatoms.